The highest BCUT2D eigenvalue weighted by Gasteiger charge is 2.34. The number of sulfonamides is 1. The van der Waals surface area contributed by atoms with Crippen molar-refractivity contribution < 1.29 is 13.2 Å². The number of fused-ring (bicyclic) bond motifs is 2. The molecule has 4 rings (SSSR count). The molecule has 2 fully saturated rings. The van der Waals surface area contributed by atoms with Crippen molar-refractivity contribution in [2.45, 2.75) is 48.7 Å². The molecule has 2 aromatic rings. The molecular weight excluding hydrogens is 410 g/mol. The molecule has 2 saturated heterocycles. The largest absolute Gasteiger partial charge is 0.349 e. The number of piperidine rings is 1. The molecule has 6 nitrogen and oxygen atoms in total. The van der Waals surface area contributed by atoms with Crippen molar-refractivity contribution in [2.24, 2.45) is 0 Å². The van der Waals surface area contributed by atoms with Crippen LogP contribution in [0, 0.1) is 0 Å². The van der Waals surface area contributed by atoms with E-state index in [1.165, 1.54) is 36.3 Å². The van der Waals surface area contributed by atoms with Gasteiger partial charge in [0.25, 0.3) is 15.9 Å². The van der Waals surface area contributed by atoms with E-state index in [4.69, 9.17) is 0 Å². The zero-order valence-corrected chi connectivity index (χ0v) is 17.9. The summed E-state index contributed by atoms with van der Waals surface area (Å²) in [5.41, 5.74) is 1.07. The third kappa shape index (κ3) is 4.57. The molecule has 1 amide bonds. The molecule has 8 heteroatoms. The first kappa shape index (κ1) is 21.6. The third-order valence-corrected chi connectivity index (χ3v) is 7.50. The maximum Gasteiger partial charge on any atom is 0.264 e. The first-order valence-electron chi connectivity index (χ1n) is 9.64. The van der Waals surface area contributed by atoms with Gasteiger partial charge in [0.15, 0.2) is 0 Å². The summed E-state index contributed by atoms with van der Waals surface area (Å²) in [6.07, 6.45) is 4.27. The van der Waals surface area contributed by atoms with Crippen molar-refractivity contribution in [2.75, 3.05) is 11.4 Å². The van der Waals surface area contributed by atoms with Gasteiger partial charge in [-0.2, -0.15) is 0 Å². The number of carbonyl (C=O) groups excluding carboxylic acids is 1. The second-order valence-electron chi connectivity index (χ2n) is 7.61. The predicted octanol–water partition coefficient (Wildman–Crippen LogP) is 2.95. The third-order valence-electron chi connectivity index (χ3n) is 5.70. The Hall–Kier alpha value is -2.09. The quantitative estimate of drug-likeness (QED) is 0.756. The van der Waals surface area contributed by atoms with Crippen molar-refractivity contribution in [1.29, 1.82) is 0 Å². The number of amides is 1. The Kier molecular flexibility index (Phi) is 6.51. The maximum atomic E-state index is 12.8. The minimum atomic E-state index is -3.67. The molecule has 2 heterocycles. The summed E-state index contributed by atoms with van der Waals surface area (Å²) in [6.45, 7) is 0. The van der Waals surface area contributed by atoms with Crippen molar-refractivity contribution >= 4 is 34.0 Å². The Balaban J connectivity index is 0.00000240. The lowest BCUT2D eigenvalue weighted by molar-refractivity contribution is 0.0924. The molecule has 2 aliphatic heterocycles. The molecule has 2 N–H and O–H groups in total. The van der Waals surface area contributed by atoms with E-state index in [2.05, 4.69) is 10.6 Å². The molecule has 2 aliphatic rings. The average Bonchev–Trinajstić information content (AvgIpc) is 3.06. The molecule has 2 unspecified atom stereocenters. The Bertz CT molecular complexity index is 939. The number of para-hydroxylation sites is 1. The van der Waals surface area contributed by atoms with Gasteiger partial charge >= 0.3 is 0 Å². The highest BCUT2D eigenvalue weighted by atomic mass is 35.5. The second kappa shape index (κ2) is 8.73. The number of benzene rings is 2. The maximum absolute atomic E-state index is 12.8. The second-order valence-corrected chi connectivity index (χ2v) is 9.58. The van der Waals surface area contributed by atoms with E-state index < -0.39 is 10.0 Å². The monoisotopic (exact) mass is 435 g/mol. The summed E-state index contributed by atoms with van der Waals surface area (Å²) < 4.78 is 26.9. The van der Waals surface area contributed by atoms with Gasteiger partial charge in [-0.1, -0.05) is 18.2 Å². The summed E-state index contributed by atoms with van der Waals surface area (Å²) in [7, 11) is -2.15. The number of anilines is 1. The van der Waals surface area contributed by atoms with Crippen LogP contribution in [-0.4, -0.2) is 39.5 Å². The van der Waals surface area contributed by atoms with Crippen LogP contribution in [0.1, 0.15) is 36.0 Å². The molecule has 0 radical (unpaired) electrons. The smallest absolute Gasteiger partial charge is 0.264 e. The van der Waals surface area contributed by atoms with Crippen LogP contribution >= 0.6 is 12.4 Å². The van der Waals surface area contributed by atoms with E-state index >= 15 is 0 Å². The number of nitrogens with one attached hydrogen (secondary N) is 2. The van der Waals surface area contributed by atoms with Crippen LogP contribution in [0.5, 0.6) is 0 Å². The highest BCUT2D eigenvalue weighted by molar-refractivity contribution is 7.92. The standard InChI is InChI=1S/C21H25N3O3S.ClH/c1-24(19-5-3-2-4-6-19)28(26,27)20-11-7-15(8-12-20)21(25)23-18-13-16-9-10-17(14-18)22-16;/h2-8,11-12,16-18,22H,9-10,13-14H2,1H3,(H,23,25);1H. The molecule has 2 aromatic carbocycles. The van der Waals surface area contributed by atoms with Crippen LogP contribution in [0.25, 0.3) is 0 Å². The lowest BCUT2D eigenvalue weighted by Gasteiger charge is -2.29. The van der Waals surface area contributed by atoms with E-state index in [0.29, 0.717) is 23.3 Å². The number of nitrogens with zero attached hydrogens (tertiary/aromatic N) is 1. The first-order valence-corrected chi connectivity index (χ1v) is 11.1. The molecular formula is C21H26ClN3O3S. The molecule has 2 bridgehead atoms. The fourth-order valence-corrected chi connectivity index (χ4v) is 5.35. The van der Waals surface area contributed by atoms with E-state index in [9.17, 15) is 13.2 Å². The highest BCUT2D eigenvalue weighted by Crippen LogP contribution is 2.27. The number of hydrogen-bond donors (Lipinski definition) is 2. The van der Waals surface area contributed by atoms with Crippen molar-refractivity contribution in [3.8, 4) is 0 Å². The molecule has 156 valence electrons. The zero-order chi connectivity index (χ0) is 19.7. The van der Waals surface area contributed by atoms with Gasteiger partial charge in [0.1, 0.15) is 0 Å². The van der Waals surface area contributed by atoms with Gasteiger partial charge in [-0.25, -0.2) is 8.42 Å². The SMILES string of the molecule is CN(c1ccccc1)S(=O)(=O)c1ccc(C(=O)NC2CC3CCC(C2)N3)cc1.Cl. The Morgan fingerprint density at radius 2 is 1.59 bits per heavy atom. The Morgan fingerprint density at radius 1 is 1.00 bits per heavy atom. The minimum Gasteiger partial charge on any atom is -0.349 e. The number of hydrogen-bond acceptors (Lipinski definition) is 4. The van der Waals surface area contributed by atoms with Crippen LogP contribution in [0.4, 0.5) is 5.69 Å². The number of rotatable bonds is 5. The number of carbonyl (C=O) groups is 1. The average molecular weight is 436 g/mol. The van der Waals surface area contributed by atoms with Crippen LogP contribution in [0.3, 0.4) is 0 Å². The zero-order valence-electron chi connectivity index (χ0n) is 16.2. The van der Waals surface area contributed by atoms with Gasteiger partial charge in [0.2, 0.25) is 0 Å². The summed E-state index contributed by atoms with van der Waals surface area (Å²) in [5.74, 6) is -0.147. The predicted molar refractivity (Wildman–Crippen MR) is 116 cm³/mol. The van der Waals surface area contributed by atoms with Crippen molar-refractivity contribution in [3.05, 3.63) is 60.2 Å². The molecule has 0 aliphatic carbocycles. The molecule has 0 aromatic heterocycles. The summed E-state index contributed by atoms with van der Waals surface area (Å²) >= 11 is 0. The lowest BCUT2D eigenvalue weighted by Crippen LogP contribution is -2.48. The summed E-state index contributed by atoms with van der Waals surface area (Å²) in [5, 5.41) is 6.66. The van der Waals surface area contributed by atoms with E-state index in [0.717, 1.165) is 12.8 Å². The Labute approximate surface area is 178 Å². The summed E-state index contributed by atoms with van der Waals surface area (Å²) in [4.78, 5) is 12.7. The van der Waals surface area contributed by atoms with E-state index in [1.54, 1.807) is 36.4 Å². The Morgan fingerprint density at radius 3 is 2.17 bits per heavy atom. The molecule has 2 atom stereocenters. The van der Waals surface area contributed by atoms with Gasteiger partial charge in [0.05, 0.1) is 10.6 Å². The van der Waals surface area contributed by atoms with Gasteiger partial charge in [-0.15, -0.1) is 12.4 Å². The number of halogens is 1. The van der Waals surface area contributed by atoms with Gasteiger partial charge in [-0.05, 0) is 62.1 Å². The first-order chi connectivity index (χ1) is 13.4. The molecule has 29 heavy (non-hydrogen) atoms. The van der Waals surface area contributed by atoms with Gasteiger partial charge < -0.3 is 10.6 Å². The van der Waals surface area contributed by atoms with Gasteiger partial charge in [0, 0.05) is 30.7 Å². The fraction of sp³-hybridized carbons (Fsp3) is 0.381. The van der Waals surface area contributed by atoms with Crippen molar-refractivity contribution in [1.82, 2.24) is 10.6 Å². The summed E-state index contributed by atoms with van der Waals surface area (Å²) in [6, 6.07) is 16.2. The van der Waals surface area contributed by atoms with Crippen LogP contribution in [-0.2, 0) is 10.0 Å². The normalized spacial score (nSPS) is 23.1. The van der Waals surface area contributed by atoms with E-state index in [-0.39, 0.29) is 29.3 Å². The molecule has 0 spiro atoms. The van der Waals surface area contributed by atoms with Crippen LogP contribution < -0.4 is 14.9 Å². The topological polar surface area (TPSA) is 78.5 Å². The minimum absolute atomic E-state index is 0. The van der Waals surface area contributed by atoms with Crippen LogP contribution in [0.15, 0.2) is 59.5 Å². The lowest BCUT2D eigenvalue weighted by atomic mass is 9.99. The molecule has 0 saturated carbocycles. The van der Waals surface area contributed by atoms with E-state index in [1.807, 2.05) is 6.07 Å². The van der Waals surface area contributed by atoms with Crippen molar-refractivity contribution in [3.63, 3.8) is 0 Å². The van der Waals surface area contributed by atoms with Crippen LogP contribution in [0.2, 0.25) is 0 Å². The fourth-order valence-electron chi connectivity index (χ4n) is 4.16. The van der Waals surface area contributed by atoms with Gasteiger partial charge in [-0.3, -0.25) is 9.10 Å².